The first-order valence-electron chi connectivity index (χ1n) is 6.69. The highest BCUT2D eigenvalue weighted by Crippen LogP contribution is 2.20. The lowest BCUT2D eigenvalue weighted by molar-refractivity contribution is 0.102. The highest BCUT2D eigenvalue weighted by atomic mass is 16.5. The normalized spacial score (nSPS) is 10.4. The Balaban J connectivity index is 2.08. The first kappa shape index (κ1) is 14.7. The predicted molar refractivity (Wildman–Crippen MR) is 85.4 cm³/mol. The van der Waals surface area contributed by atoms with Gasteiger partial charge in [0, 0.05) is 17.1 Å². The number of nitrogen functional groups attached to an aromatic ring is 2. The summed E-state index contributed by atoms with van der Waals surface area (Å²) in [6.07, 6.45) is 0.111. The number of nitrogens with two attached hydrogens (primary N) is 2. The number of hydrogen-bond acceptors (Lipinski definition) is 4. The van der Waals surface area contributed by atoms with E-state index in [4.69, 9.17) is 16.2 Å². The Morgan fingerprint density at radius 1 is 1.10 bits per heavy atom. The molecule has 2 aromatic rings. The van der Waals surface area contributed by atoms with Gasteiger partial charge in [0.2, 0.25) is 0 Å². The molecule has 0 bridgehead atoms. The van der Waals surface area contributed by atoms with Crippen LogP contribution in [-0.4, -0.2) is 12.0 Å². The number of ether oxygens (including phenoxy) is 1. The topological polar surface area (TPSA) is 90.4 Å². The molecule has 0 aliphatic heterocycles. The average Bonchev–Trinajstić information content (AvgIpc) is 2.40. The standard InChI is InChI=1S/C16H19N3O2/c1-10(2)21-13-6-4-12(5-7-13)19-16(20)14-8-3-11(17)9-15(14)18/h3-10H,17-18H2,1-2H3,(H,19,20). The van der Waals surface area contributed by atoms with E-state index >= 15 is 0 Å². The lowest BCUT2D eigenvalue weighted by Crippen LogP contribution is -2.14. The van der Waals surface area contributed by atoms with E-state index in [0.717, 1.165) is 5.75 Å². The number of rotatable bonds is 4. The average molecular weight is 285 g/mol. The zero-order chi connectivity index (χ0) is 15.4. The number of nitrogens with one attached hydrogen (secondary N) is 1. The van der Waals surface area contributed by atoms with Crippen LogP contribution in [0.15, 0.2) is 42.5 Å². The summed E-state index contributed by atoms with van der Waals surface area (Å²) in [5.41, 5.74) is 13.4. The largest absolute Gasteiger partial charge is 0.491 e. The molecule has 2 aromatic carbocycles. The molecule has 0 spiro atoms. The quantitative estimate of drug-likeness (QED) is 0.753. The van der Waals surface area contributed by atoms with Crippen molar-refractivity contribution < 1.29 is 9.53 Å². The maximum Gasteiger partial charge on any atom is 0.257 e. The van der Waals surface area contributed by atoms with Gasteiger partial charge < -0.3 is 21.5 Å². The first-order chi connectivity index (χ1) is 9.95. The molecule has 0 atom stereocenters. The van der Waals surface area contributed by atoms with Gasteiger partial charge in [-0.25, -0.2) is 0 Å². The van der Waals surface area contributed by atoms with Crippen LogP contribution in [0.2, 0.25) is 0 Å². The summed E-state index contributed by atoms with van der Waals surface area (Å²) in [5, 5.41) is 2.78. The number of hydrogen-bond donors (Lipinski definition) is 3. The molecular weight excluding hydrogens is 266 g/mol. The van der Waals surface area contributed by atoms with Crippen molar-refractivity contribution in [3.8, 4) is 5.75 Å². The fourth-order valence-electron chi connectivity index (χ4n) is 1.88. The van der Waals surface area contributed by atoms with Crippen LogP contribution in [0.4, 0.5) is 17.1 Å². The van der Waals surface area contributed by atoms with E-state index in [0.29, 0.717) is 22.6 Å². The van der Waals surface area contributed by atoms with Crippen molar-refractivity contribution in [2.45, 2.75) is 20.0 Å². The van der Waals surface area contributed by atoms with Gasteiger partial charge in [-0.05, 0) is 56.3 Å². The van der Waals surface area contributed by atoms with Crippen LogP contribution in [0.3, 0.4) is 0 Å². The second kappa shape index (κ2) is 6.17. The summed E-state index contributed by atoms with van der Waals surface area (Å²) in [6, 6.07) is 12.0. The number of carbonyl (C=O) groups is 1. The summed E-state index contributed by atoms with van der Waals surface area (Å²) in [4.78, 5) is 12.1. The molecule has 0 saturated heterocycles. The van der Waals surface area contributed by atoms with Crippen molar-refractivity contribution in [2.24, 2.45) is 0 Å². The van der Waals surface area contributed by atoms with E-state index in [1.165, 1.54) is 0 Å². The van der Waals surface area contributed by atoms with Gasteiger partial charge >= 0.3 is 0 Å². The molecule has 0 aliphatic rings. The van der Waals surface area contributed by atoms with Crippen LogP contribution in [0.25, 0.3) is 0 Å². The molecular formula is C16H19N3O2. The molecule has 0 heterocycles. The molecule has 5 nitrogen and oxygen atoms in total. The van der Waals surface area contributed by atoms with E-state index in [1.54, 1.807) is 30.3 Å². The van der Waals surface area contributed by atoms with Gasteiger partial charge in [-0.15, -0.1) is 0 Å². The maximum atomic E-state index is 12.1. The SMILES string of the molecule is CC(C)Oc1ccc(NC(=O)c2ccc(N)cc2N)cc1. The maximum absolute atomic E-state index is 12.1. The summed E-state index contributed by atoms with van der Waals surface area (Å²) >= 11 is 0. The molecule has 5 heteroatoms. The predicted octanol–water partition coefficient (Wildman–Crippen LogP) is 2.89. The summed E-state index contributed by atoms with van der Waals surface area (Å²) in [7, 11) is 0. The van der Waals surface area contributed by atoms with Gasteiger partial charge in [0.1, 0.15) is 5.75 Å². The highest BCUT2D eigenvalue weighted by Gasteiger charge is 2.10. The van der Waals surface area contributed by atoms with Gasteiger partial charge in [-0.1, -0.05) is 0 Å². The van der Waals surface area contributed by atoms with Crippen molar-refractivity contribution in [3.05, 3.63) is 48.0 Å². The molecule has 110 valence electrons. The molecule has 0 unspecified atom stereocenters. The Kier molecular flexibility index (Phi) is 4.33. The summed E-state index contributed by atoms with van der Waals surface area (Å²) < 4.78 is 5.54. The molecule has 2 rings (SSSR count). The lowest BCUT2D eigenvalue weighted by Gasteiger charge is -2.11. The van der Waals surface area contributed by atoms with Gasteiger partial charge in [-0.2, -0.15) is 0 Å². The third-order valence-corrected chi connectivity index (χ3v) is 2.80. The van der Waals surface area contributed by atoms with E-state index in [-0.39, 0.29) is 12.0 Å². The van der Waals surface area contributed by atoms with Crippen LogP contribution in [0.5, 0.6) is 5.75 Å². The zero-order valence-corrected chi connectivity index (χ0v) is 12.1. The van der Waals surface area contributed by atoms with Crippen LogP contribution in [-0.2, 0) is 0 Å². The molecule has 0 aliphatic carbocycles. The Morgan fingerprint density at radius 2 is 1.76 bits per heavy atom. The molecule has 0 fully saturated rings. The molecule has 21 heavy (non-hydrogen) atoms. The molecule has 5 N–H and O–H groups in total. The van der Waals surface area contributed by atoms with Crippen LogP contribution in [0, 0.1) is 0 Å². The smallest absolute Gasteiger partial charge is 0.257 e. The van der Waals surface area contributed by atoms with E-state index < -0.39 is 0 Å². The van der Waals surface area contributed by atoms with Crippen molar-refractivity contribution in [1.29, 1.82) is 0 Å². The number of benzene rings is 2. The molecule has 0 saturated carbocycles. The minimum Gasteiger partial charge on any atom is -0.491 e. The van der Waals surface area contributed by atoms with E-state index in [1.807, 2.05) is 26.0 Å². The second-order valence-electron chi connectivity index (χ2n) is 4.99. The molecule has 0 radical (unpaired) electrons. The van der Waals surface area contributed by atoms with E-state index in [2.05, 4.69) is 5.32 Å². The van der Waals surface area contributed by atoms with Gasteiger partial charge in [0.25, 0.3) is 5.91 Å². The monoisotopic (exact) mass is 285 g/mol. The van der Waals surface area contributed by atoms with Gasteiger partial charge in [0.15, 0.2) is 0 Å². The Morgan fingerprint density at radius 3 is 2.33 bits per heavy atom. The lowest BCUT2D eigenvalue weighted by atomic mass is 10.1. The minimum absolute atomic E-state index is 0.111. The second-order valence-corrected chi connectivity index (χ2v) is 4.99. The van der Waals surface area contributed by atoms with Gasteiger partial charge in [-0.3, -0.25) is 4.79 Å². The van der Waals surface area contributed by atoms with Crippen molar-refractivity contribution in [2.75, 3.05) is 16.8 Å². The van der Waals surface area contributed by atoms with E-state index in [9.17, 15) is 4.79 Å². The Labute approximate surface area is 123 Å². The number of amides is 1. The minimum atomic E-state index is -0.273. The fraction of sp³-hybridized carbons (Fsp3) is 0.188. The first-order valence-corrected chi connectivity index (χ1v) is 6.69. The zero-order valence-electron chi connectivity index (χ0n) is 12.1. The van der Waals surface area contributed by atoms with Gasteiger partial charge in [0.05, 0.1) is 11.7 Å². The number of carbonyl (C=O) groups excluding carboxylic acids is 1. The van der Waals surface area contributed by atoms with Crippen molar-refractivity contribution >= 4 is 23.0 Å². The third-order valence-electron chi connectivity index (χ3n) is 2.80. The van der Waals surface area contributed by atoms with Crippen molar-refractivity contribution in [1.82, 2.24) is 0 Å². The van der Waals surface area contributed by atoms with Crippen LogP contribution >= 0.6 is 0 Å². The fourth-order valence-corrected chi connectivity index (χ4v) is 1.88. The summed E-state index contributed by atoms with van der Waals surface area (Å²) in [5.74, 6) is 0.486. The molecule has 1 amide bonds. The Bertz CT molecular complexity index is 636. The van der Waals surface area contributed by atoms with Crippen LogP contribution in [0.1, 0.15) is 24.2 Å². The summed E-state index contributed by atoms with van der Waals surface area (Å²) in [6.45, 7) is 3.92. The Hall–Kier alpha value is -2.69. The molecule has 0 aromatic heterocycles. The number of anilines is 3. The van der Waals surface area contributed by atoms with Crippen molar-refractivity contribution in [3.63, 3.8) is 0 Å². The van der Waals surface area contributed by atoms with Crippen LogP contribution < -0.4 is 21.5 Å². The highest BCUT2D eigenvalue weighted by molar-refractivity contribution is 6.08. The third kappa shape index (κ3) is 3.89.